The summed E-state index contributed by atoms with van der Waals surface area (Å²) in [5.41, 5.74) is 7.76. The minimum Gasteiger partial charge on any atom is -0.351 e. The summed E-state index contributed by atoms with van der Waals surface area (Å²) in [6, 6.07) is 10.9. The largest absolute Gasteiger partial charge is 0.351 e. The van der Waals surface area contributed by atoms with Gasteiger partial charge in [0.05, 0.1) is 12.2 Å². The molecule has 0 saturated carbocycles. The molecule has 0 radical (unpaired) electrons. The monoisotopic (exact) mass is 286 g/mol. The Morgan fingerprint density at radius 1 is 1.24 bits per heavy atom. The van der Waals surface area contributed by atoms with E-state index in [-0.39, 0.29) is 18.0 Å². The highest BCUT2D eigenvalue weighted by atomic mass is 16.1. The molecule has 1 amide bonds. The maximum Gasteiger partial charge on any atom is 0.266 e. The first-order chi connectivity index (χ1) is 10.1. The molecule has 2 rings (SSSR count). The highest BCUT2D eigenvalue weighted by Gasteiger charge is 2.03. The topological polar surface area (TPSA) is 90.0 Å². The van der Waals surface area contributed by atoms with Crippen LogP contribution in [0.5, 0.6) is 0 Å². The van der Waals surface area contributed by atoms with Crippen molar-refractivity contribution < 1.29 is 4.79 Å². The standard InChI is InChI=1S/C15H18N4O2/c1-2-19-15(21)8-7-13(18-19)12-5-3-11(4-6-12)10-17-14(20)9-16/h3-8H,2,9-10,16H2,1H3,(H,17,20). The predicted molar refractivity (Wildman–Crippen MR) is 80.5 cm³/mol. The number of aromatic nitrogens is 2. The molecule has 3 N–H and O–H groups in total. The molecule has 0 spiro atoms. The summed E-state index contributed by atoms with van der Waals surface area (Å²) >= 11 is 0. The van der Waals surface area contributed by atoms with Crippen LogP contribution in [0.3, 0.4) is 0 Å². The van der Waals surface area contributed by atoms with Gasteiger partial charge in [0.2, 0.25) is 5.91 Å². The number of hydrogen-bond acceptors (Lipinski definition) is 4. The SMILES string of the molecule is CCn1nc(-c2ccc(CNC(=O)CN)cc2)ccc1=O. The Hall–Kier alpha value is -2.47. The van der Waals surface area contributed by atoms with Gasteiger partial charge in [0.1, 0.15) is 0 Å². The second-order valence-corrected chi connectivity index (χ2v) is 4.55. The van der Waals surface area contributed by atoms with Gasteiger partial charge < -0.3 is 11.1 Å². The van der Waals surface area contributed by atoms with Crippen LogP contribution in [0.2, 0.25) is 0 Å². The number of amides is 1. The van der Waals surface area contributed by atoms with E-state index in [1.165, 1.54) is 10.7 Å². The molecule has 21 heavy (non-hydrogen) atoms. The zero-order valence-corrected chi connectivity index (χ0v) is 11.9. The van der Waals surface area contributed by atoms with Crippen LogP contribution in [0.1, 0.15) is 12.5 Å². The molecule has 1 aromatic heterocycles. The first-order valence-electron chi connectivity index (χ1n) is 6.78. The van der Waals surface area contributed by atoms with Crippen molar-refractivity contribution in [2.75, 3.05) is 6.54 Å². The van der Waals surface area contributed by atoms with Gasteiger partial charge in [0, 0.05) is 24.7 Å². The van der Waals surface area contributed by atoms with Crippen LogP contribution in [-0.2, 0) is 17.9 Å². The average Bonchev–Trinajstić information content (AvgIpc) is 2.53. The van der Waals surface area contributed by atoms with Gasteiger partial charge in [-0.05, 0) is 18.6 Å². The van der Waals surface area contributed by atoms with Crippen molar-refractivity contribution in [2.45, 2.75) is 20.0 Å². The number of nitrogens with zero attached hydrogens (tertiary/aromatic N) is 2. The van der Waals surface area contributed by atoms with Crippen molar-refractivity contribution in [2.24, 2.45) is 5.73 Å². The van der Waals surface area contributed by atoms with Gasteiger partial charge in [-0.1, -0.05) is 24.3 Å². The quantitative estimate of drug-likeness (QED) is 0.837. The summed E-state index contributed by atoms with van der Waals surface area (Å²) < 4.78 is 1.42. The van der Waals surface area contributed by atoms with Crippen LogP contribution in [-0.4, -0.2) is 22.2 Å². The molecule has 0 fully saturated rings. The molecule has 0 aliphatic heterocycles. The third-order valence-corrected chi connectivity index (χ3v) is 3.09. The van der Waals surface area contributed by atoms with E-state index in [0.29, 0.717) is 13.1 Å². The lowest BCUT2D eigenvalue weighted by molar-refractivity contribution is -0.119. The Morgan fingerprint density at radius 3 is 2.57 bits per heavy atom. The number of carbonyl (C=O) groups excluding carboxylic acids is 1. The van der Waals surface area contributed by atoms with E-state index in [1.54, 1.807) is 6.07 Å². The van der Waals surface area contributed by atoms with E-state index in [2.05, 4.69) is 10.4 Å². The van der Waals surface area contributed by atoms with Crippen molar-refractivity contribution in [3.8, 4) is 11.3 Å². The highest BCUT2D eigenvalue weighted by molar-refractivity contribution is 5.77. The van der Waals surface area contributed by atoms with Crippen molar-refractivity contribution in [1.29, 1.82) is 0 Å². The number of hydrogen-bond donors (Lipinski definition) is 2. The number of aryl methyl sites for hydroxylation is 1. The zero-order chi connectivity index (χ0) is 15.2. The van der Waals surface area contributed by atoms with E-state index in [0.717, 1.165) is 16.8 Å². The predicted octanol–water partition coefficient (Wildman–Crippen LogP) is 0.505. The van der Waals surface area contributed by atoms with E-state index in [1.807, 2.05) is 31.2 Å². The maximum atomic E-state index is 11.5. The summed E-state index contributed by atoms with van der Waals surface area (Å²) in [5.74, 6) is -0.184. The molecule has 6 nitrogen and oxygen atoms in total. The summed E-state index contributed by atoms with van der Waals surface area (Å²) in [6.07, 6.45) is 0. The van der Waals surface area contributed by atoms with Crippen molar-refractivity contribution >= 4 is 5.91 Å². The molecular formula is C15H18N4O2. The Bertz CT molecular complexity index is 677. The van der Waals surface area contributed by atoms with Crippen LogP contribution in [0.15, 0.2) is 41.2 Å². The molecule has 1 aromatic carbocycles. The lowest BCUT2D eigenvalue weighted by Gasteiger charge is -2.07. The highest BCUT2D eigenvalue weighted by Crippen LogP contribution is 2.16. The van der Waals surface area contributed by atoms with Crippen molar-refractivity contribution in [3.05, 3.63) is 52.3 Å². The molecule has 110 valence electrons. The third-order valence-electron chi connectivity index (χ3n) is 3.09. The van der Waals surface area contributed by atoms with Gasteiger partial charge in [-0.3, -0.25) is 9.59 Å². The van der Waals surface area contributed by atoms with Crippen molar-refractivity contribution in [3.63, 3.8) is 0 Å². The molecule has 2 aromatic rings. The summed E-state index contributed by atoms with van der Waals surface area (Å²) in [6.45, 7) is 2.84. The lowest BCUT2D eigenvalue weighted by atomic mass is 10.1. The van der Waals surface area contributed by atoms with Crippen LogP contribution >= 0.6 is 0 Å². The molecule has 0 saturated heterocycles. The summed E-state index contributed by atoms with van der Waals surface area (Å²) in [4.78, 5) is 22.6. The summed E-state index contributed by atoms with van der Waals surface area (Å²) in [7, 11) is 0. The second kappa shape index (κ2) is 6.81. The number of rotatable bonds is 5. The Labute approximate surface area is 122 Å². The molecular weight excluding hydrogens is 268 g/mol. The van der Waals surface area contributed by atoms with Crippen molar-refractivity contribution in [1.82, 2.24) is 15.1 Å². The molecule has 0 unspecified atom stereocenters. The van der Waals surface area contributed by atoms with E-state index >= 15 is 0 Å². The average molecular weight is 286 g/mol. The number of nitrogens with two attached hydrogens (primary N) is 1. The molecule has 1 heterocycles. The normalized spacial score (nSPS) is 10.4. The number of benzene rings is 1. The van der Waals surface area contributed by atoms with Gasteiger partial charge in [-0.2, -0.15) is 5.10 Å². The number of carbonyl (C=O) groups is 1. The lowest BCUT2D eigenvalue weighted by Crippen LogP contribution is -2.29. The fourth-order valence-corrected chi connectivity index (χ4v) is 1.90. The molecule has 0 aliphatic carbocycles. The fraction of sp³-hybridized carbons (Fsp3) is 0.267. The molecule has 0 atom stereocenters. The first-order valence-corrected chi connectivity index (χ1v) is 6.78. The van der Waals surface area contributed by atoms with E-state index in [9.17, 15) is 9.59 Å². The fourth-order valence-electron chi connectivity index (χ4n) is 1.90. The van der Waals surface area contributed by atoms with Gasteiger partial charge >= 0.3 is 0 Å². The summed E-state index contributed by atoms with van der Waals surface area (Å²) in [5, 5.41) is 7.00. The molecule has 0 bridgehead atoms. The Kier molecular flexibility index (Phi) is 4.84. The number of nitrogens with one attached hydrogen (secondary N) is 1. The Balaban J connectivity index is 2.15. The van der Waals surface area contributed by atoms with E-state index < -0.39 is 0 Å². The second-order valence-electron chi connectivity index (χ2n) is 4.55. The van der Waals surface area contributed by atoms with Gasteiger partial charge in [0.25, 0.3) is 5.56 Å². The van der Waals surface area contributed by atoms with Crippen LogP contribution < -0.4 is 16.6 Å². The van der Waals surface area contributed by atoms with Crippen LogP contribution in [0, 0.1) is 0 Å². The van der Waals surface area contributed by atoms with Gasteiger partial charge in [-0.25, -0.2) is 4.68 Å². The minimum absolute atomic E-state index is 0.0133. The first kappa shape index (κ1) is 14.9. The zero-order valence-electron chi connectivity index (χ0n) is 11.9. The van der Waals surface area contributed by atoms with Crippen LogP contribution in [0.4, 0.5) is 0 Å². The molecule has 0 aliphatic rings. The van der Waals surface area contributed by atoms with Gasteiger partial charge in [0.15, 0.2) is 0 Å². The maximum absolute atomic E-state index is 11.5. The third kappa shape index (κ3) is 3.76. The van der Waals surface area contributed by atoms with Gasteiger partial charge in [-0.15, -0.1) is 0 Å². The van der Waals surface area contributed by atoms with E-state index in [4.69, 9.17) is 5.73 Å². The molecule has 6 heteroatoms. The minimum atomic E-state index is -0.184. The van der Waals surface area contributed by atoms with Crippen LogP contribution in [0.25, 0.3) is 11.3 Å². The Morgan fingerprint density at radius 2 is 1.95 bits per heavy atom. The smallest absolute Gasteiger partial charge is 0.266 e.